The Morgan fingerprint density at radius 3 is 2.79 bits per heavy atom. The summed E-state index contributed by atoms with van der Waals surface area (Å²) >= 11 is 0. The first-order chi connectivity index (χ1) is 9.23. The maximum Gasteiger partial charge on any atom is 0.126 e. The minimum absolute atomic E-state index is 0.474. The van der Waals surface area contributed by atoms with Gasteiger partial charge in [-0.2, -0.15) is 0 Å². The van der Waals surface area contributed by atoms with E-state index >= 15 is 0 Å². The lowest BCUT2D eigenvalue weighted by Crippen LogP contribution is -2.37. The summed E-state index contributed by atoms with van der Waals surface area (Å²) in [6.45, 7) is 1.45. The molecule has 0 spiro atoms. The molecule has 3 heteroatoms. The van der Waals surface area contributed by atoms with Gasteiger partial charge in [-0.3, -0.25) is 0 Å². The van der Waals surface area contributed by atoms with E-state index in [-0.39, 0.29) is 0 Å². The van der Waals surface area contributed by atoms with E-state index < -0.39 is 5.60 Å². The first kappa shape index (κ1) is 14.1. The number of methoxy groups -OCH3 is 1. The topological polar surface area (TPSA) is 41.5 Å². The fraction of sp³-hybridized carbons (Fsp3) is 0.500. The van der Waals surface area contributed by atoms with Crippen molar-refractivity contribution in [3.8, 4) is 5.75 Å². The highest BCUT2D eigenvalue weighted by atomic mass is 16.5. The quantitative estimate of drug-likeness (QED) is 0.773. The molecule has 19 heavy (non-hydrogen) atoms. The first-order valence-corrected chi connectivity index (χ1v) is 6.96. The maximum absolute atomic E-state index is 10.2. The van der Waals surface area contributed by atoms with Crippen molar-refractivity contribution >= 4 is 6.08 Å². The van der Waals surface area contributed by atoms with E-state index in [1.807, 2.05) is 30.3 Å². The largest absolute Gasteiger partial charge is 0.496 e. The Kier molecular flexibility index (Phi) is 5.00. The minimum Gasteiger partial charge on any atom is -0.496 e. The first-order valence-electron chi connectivity index (χ1n) is 6.96. The molecule has 104 valence electrons. The fourth-order valence-electron chi connectivity index (χ4n) is 2.59. The molecule has 2 rings (SSSR count). The van der Waals surface area contributed by atoms with Gasteiger partial charge >= 0.3 is 0 Å². The Bertz CT molecular complexity index is 423. The van der Waals surface area contributed by atoms with Crippen molar-refractivity contribution < 1.29 is 9.84 Å². The molecular weight excluding hydrogens is 238 g/mol. The zero-order valence-corrected chi connectivity index (χ0v) is 11.6. The number of hydrogen-bond acceptors (Lipinski definition) is 3. The van der Waals surface area contributed by atoms with E-state index in [1.54, 1.807) is 7.11 Å². The fourth-order valence-corrected chi connectivity index (χ4v) is 2.59. The van der Waals surface area contributed by atoms with E-state index in [0.29, 0.717) is 6.54 Å². The van der Waals surface area contributed by atoms with E-state index in [2.05, 4.69) is 11.4 Å². The van der Waals surface area contributed by atoms with Crippen LogP contribution in [0.25, 0.3) is 6.08 Å². The van der Waals surface area contributed by atoms with Crippen LogP contribution in [0.15, 0.2) is 30.3 Å². The molecule has 0 bridgehead atoms. The summed E-state index contributed by atoms with van der Waals surface area (Å²) in [5.41, 5.74) is 0.601. The van der Waals surface area contributed by atoms with Crippen molar-refractivity contribution in [1.82, 2.24) is 5.32 Å². The number of hydrogen-bond donors (Lipinski definition) is 2. The summed E-state index contributed by atoms with van der Waals surface area (Å²) in [5, 5.41) is 13.5. The third-order valence-corrected chi connectivity index (χ3v) is 3.69. The van der Waals surface area contributed by atoms with Crippen molar-refractivity contribution in [2.45, 2.75) is 31.3 Å². The molecule has 0 amide bonds. The normalized spacial score (nSPS) is 18.0. The van der Waals surface area contributed by atoms with Crippen LogP contribution in [0.2, 0.25) is 0 Å². The van der Waals surface area contributed by atoms with Crippen molar-refractivity contribution in [3.05, 3.63) is 35.9 Å². The molecule has 1 aromatic carbocycles. The van der Waals surface area contributed by atoms with Crippen LogP contribution in [0.4, 0.5) is 0 Å². The SMILES string of the molecule is COc1ccccc1/C=C/CNCC1(O)CCCC1. The number of nitrogens with one attached hydrogen (secondary N) is 1. The van der Waals surface area contributed by atoms with Crippen LogP contribution >= 0.6 is 0 Å². The van der Waals surface area contributed by atoms with Gasteiger partial charge in [-0.15, -0.1) is 0 Å². The number of benzene rings is 1. The molecule has 0 aliphatic heterocycles. The molecule has 1 aromatic rings. The molecule has 0 unspecified atom stereocenters. The predicted octanol–water partition coefficient (Wildman–Crippen LogP) is 2.60. The number of ether oxygens (including phenoxy) is 1. The van der Waals surface area contributed by atoms with Gasteiger partial charge in [-0.1, -0.05) is 43.2 Å². The van der Waals surface area contributed by atoms with Gasteiger partial charge in [0.05, 0.1) is 12.7 Å². The Balaban J connectivity index is 1.77. The molecule has 1 fully saturated rings. The minimum atomic E-state index is -0.474. The zero-order valence-electron chi connectivity index (χ0n) is 11.6. The van der Waals surface area contributed by atoms with Gasteiger partial charge in [0.2, 0.25) is 0 Å². The zero-order chi connectivity index (χ0) is 13.6. The maximum atomic E-state index is 10.2. The van der Waals surface area contributed by atoms with Crippen molar-refractivity contribution in [2.24, 2.45) is 0 Å². The second-order valence-electron chi connectivity index (χ2n) is 5.21. The van der Waals surface area contributed by atoms with Crippen LogP contribution in [-0.2, 0) is 0 Å². The Labute approximate surface area is 115 Å². The Morgan fingerprint density at radius 1 is 1.32 bits per heavy atom. The summed E-state index contributed by atoms with van der Waals surface area (Å²) in [4.78, 5) is 0. The average molecular weight is 261 g/mol. The highest BCUT2D eigenvalue weighted by Gasteiger charge is 2.29. The molecule has 1 aliphatic carbocycles. The van der Waals surface area contributed by atoms with E-state index in [9.17, 15) is 5.11 Å². The molecule has 3 nitrogen and oxygen atoms in total. The second-order valence-corrected chi connectivity index (χ2v) is 5.21. The van der Waals surface area contributed by atoms with Crippen molar-refractivity contribution in [2.75, 3.05) is 20.2 Å². The summed E-state index contributed by atoms with van der Waals surface area (Å²) in [7, 11) is 1.68. The lowest BCUT2D eigenvalue weighted by atomic mass is 10.0. The second kappa shape index (κ2) is 6.73. The number of aliphatic hydroxyl groups is 1. The molecule has 0 saturated heterocycles. The molecule has 2 N–H and O–H groups in total. The molecule has 0 heterocycles. The summed E-state index contributed by atoms with van der Waals surface area (Å²) in [6, 6.07) is 7.94. The Hall–Kier alpha value is -1.32. The monoisotopic (exact) mass is 261 g/mol. The van der Waals surface area contributed by atoms with Gasteiger partial charge in [-0.25, -0.2) is 0 Å². The van der Waals surface area contributed by atoms with Gasteiger partial charge in [0, 0.05) is 18.7 Å². The molecule has 0 atom stereocenters. The summed E-state index contributed by atoms with van der Waals surface area (Å²) < 4.78 is 5.29. The van der Waals surface area contributed by atoms with Crippen LogP contribution in [0.1, 0.15) is 31.2 Å². The van der Waals surface area contributed by atoms with Gasteiger partial charge in [-0.05, 0) is 18.9 Å². The van der Waals surface area contributed by atoms with Crippen LogP contribution in [0.5, 0.6) is 5.75 Å². The van der Waals surface area contributed by atoms with Gasteiger partial charge in [0.15, 0.2) is 0 Å². The van der Waals surface area contributed by atoms with Crippen LogP contribution < -0.4 is 10.1 Å². The van der Waals surface area contributed by atoms with E-state index in [4.69, 9.17) is 4.74 Å². The van der Waals surface area contributed by atoms with E-state index in [1.165, 1.54) is 0 Å². The van der Waals surface area contributed by atoms with Gasteiger partial charge in [0.25, 0.3) is 0 Å². The summed E-state index contributed by atoms with van der Waals surface area (Å²) in [5.74, 6) is 0.883. The molecule has 0 radical (unpaired) electrons. The molecule has 1 aliphatic rings. The lowest BCUT2D eigenvalue weighted by molar-refractivity contribution is 0.0488. The predicted molar refractivity (Wildman–Crippen MR) is 78.3 cm³/mol. The number of rotatable bonds is 6. The van der Waals surface area contributed by atoms with Gasteiger partial charge in [0.1, 0.15) is 5.75 Å². The van der Waals surface area contributed by atoms with Crippen molar-refractivity contribution in [1.29, 1.82) is 0 Å². The smallest absolute Gasteiger partial charge is 0.126 e. The summed E-state index contributed by atoms with van der Waals surface area (Å²) in [6.07, 6.45) is 8.26. The average Bonchev–Trinajstić information content (AvgIpc) is 2.86. The van der Waals surface area contributed by atoms with Crippen LogP contribution in [-0.4, -0.2) is 30.9 Å². The van der Waals surface area contributed by atoms with Crippen LogP contribution in [0, 0.1) is 0 Å². The van der Waals surface area contributed by atoms with E-state index in [0.717, 1.165) is 43.5 Å². The molecular formula is C16H23NO2. The molecule has 0 aromatic heterocycles. The standard InChI is InChI=1S/C16H23NO2/c1-19-15-9-3-2-7-14(15)8-6-12-17-13-16(18)10-4-5-11-16/h2-3,6-9,17-18H,4-5,10-13H2,1H3/b8-6+. The highest BCUT2D eigenvalue weighted by molar-refractivity contribution is 5.57. The number of para-hydroxylation sites is 1. The van der Waals surface area contributed by atoms with Gasteiger partial charge < -0.3 is 15.2 Å². The Morgan fingerprint density at radius 2 is 2.05 bits per heavy atom. The van der Waals surface area contributed by atoms with Crippen LogP contribution in [0.3, 0.4) is 0 Å². The lowest BCUT2D eigenvalue weighted by Gasteiger charge is -2.21. The third kappa shape index (κ3) is 4.08. The highest BCUT2D eigenvalue weighted by Crippen LogP contribution is 2.28. The third-order valence-electron chi connectivity index (χ3n) is 3.69. The van der Waals surface area contributed by atoms with Crippen molar-refractivity contribution in [3.63, 3.8) is 0 Å². The molecule has 1 saturated carbocycles.